The van der Waals surface area contributed by atoms with Crippen LogP contribution in [0.25, 0.3) is 0 Å². The summed E-state index contributed by atoms with van der Waals surface area (Å²) in [6.07, 6.45) is 8.17. The van der Waals surface area contributed by atoms with Crippen molar-refractivity contribution in [2.45, 2.75) is 51.2 Å². The van der Waals surface area contributed by atoms with E-state index in [0.29, 0.717) is 33.6 Å². The first-order valence-corrected chi connectivity index (χ1v) is 9.98. The molecule has 0 N–H and O–H groups in total. The van der Waals surface area contributed by atoms with Crippen LogP contribution in [0.3, 0.4) is 0 Å². The summed E-state index contributed by atoms with van der Waals surface area (Å²) in [4.78, 5) is 12.0. The van der Waals surface area contributed by atoms with Crippen LogP contribution in [-0.2, 0) is 11.8 Å². The quantitative estimate of drug-likeness (QED) is 0.698. The molecule has 1 aromatic heterocycles. The Morgan fingerprint density at radius 1 is 1.29 bits per heavy atom. The van der Waals surface area contributed by atoms with Crippen LogP contribution >= 0.6 is 11.6 Å². The minimum Gasteiger partial charge on any atom is -0.465 e. The van der Waals surface area contributed by atoms with E-state index < -0.39 is 11.8 Å². The first-order valence-electron chi connectivity index (χ1n) is 9.60. The lowest BCUT2D eigenvalue weighted by molar-refractivity contribution is -0.121. The number of benzene rings is 1. The van der Waals surface area contributed by atoms with Gasteiger partial charge in [-0.15, -0.1) is 0 Å². The highest BCUT2D eigenvalue weighted by Gasteiger charge is 2.47. The van der Waals surface area contributed by atoms with Gasteiger partial charge >= 0.3 is 5.97 Å². The Labute approximate surface area is 169 Å². The molecule has 4 rings (SSSR count). The van der Waals surface area contributed by atoms with Gasteiger partial charge < -0.3 is 14.2 Å². The Bertz CT molecular complexity index is 917. The van der Waals surface area contributed by atoms with E-state index in [4.69, 9.17) is 25.8 Å². The van der Waals surface area contributed by atoms with Crippen LogP contribution in [0.15, 0.2) is 18.5 Å². The molecule has 0 bridgehead atoms. The van der Waals surface area contributed by atoms with E-state index in [1.807, 2.05) is 31.8 Å². The minimum absolute atomic E-state index is 0.241. The number of carbonyl (C=O) groups excluding carboxylic acids is 1. The molecule has 7 heteroatoms. The molecule has 6 nitrogen and oxygen atoms in total. The number of fused-ring (bicyclic) bond motifs is 1. The molecule has 1 unspecified atom stereocenters. The number of esters is 1. The van der Waals surface area contributed by atoms with E-state index in [0.717, 1.165) is 25.7 Å². The lowest BCUT2D eigenvalue weighted by Crippen LogP contribution is -2.44. The van der Waals surface area contributed by atoms with Crippen molar-refractivity contribution in [2.75, 3.05) is 7.11 Å². The molecule has 1 atom stereocenters. The van der Waals surface area contributed by atoms with E-state index in [1.165, 1.54) is 12.7 Å². The average molecular weight is 405 g/mol. The van der Waals surface area contributed by atoms with Crippen molar-refractivity contribution >= 4 is 17.6 Å². The van der Waals surface area contributed by atoms with Crippen LogP contribution in [0, 0.1) is 12.8 Å². The number of hydrogen-bond acceptors (Lipinski definition) is 5. The normalized spacial score (nSPS) is 26.3. The average Bonchev–Trinajstić information content (AvgIpc) is 3.29. The summed E-state index contributed by atoms with van der Waals surface area (Å²) in [6, 6.07) is 1.59. The van der Waals surface area contributed by atoms with E-state index in [-0.39, 0.29) is 5.92 Å². The number of ether oxygens (including phenoxy) is 3. The molecular formula is C21H25ClN2O4. The fraction of sp³-hybridized carbons (Fsp3) is 0.524. The number of rotatable bonds is 3. The van der Waals surface area contributed by atoms with Crippen LogP contribution in [0.5, 0.6) is 11.5 Å². The molecule has 2 aromatic rings. The van der Waals surface area contributed by atoms with Crippen LogP contribution in [0.1, 0.15) is 60.0 Å². The van der Waals surface area contributed by atoms with Crippen LogP contribution in [0.4, 0.5) is 0 Å². The zero-order valence-electron chi connectivity index (χ0n) is 16.6. The molecular weight excluding hydrogens is 380 g/mol. The lowest BCUT2D eigenvalue weighted by atomic mass is 9.76. The number of carbonyl (C=O) groups is 1. The Morgan fingerprint density at radius 2 is 1.96 bits per heavy atom. The third-order valence-corrected chi connectivity index (χ3v) is 6.40. The standard InChI is InChI=1S/C21H25ClN2O4/c1-12-16(20(25)26-4)9-17(22)19-18(12)27-21(2,28-19)15-7-5-13(6-8-15)14-10-23-24(3)11-14/h9-11,13,15H,5-8H2,1-4H3. The van der Waals surface area contributed by atoms with Gasteiger partial charge in [0.25, 0.3) is 5.79 Å². The van der Waals surface area contributed by atoms with Gasteiger partial charge in [0.15, 0.2) is 11.5 Å². The van der Waals surface area contributed by atoms with E-state index >= 15 is 0 Å². The molecule has 1 aliphatic heterocycles. The smallest absolute Gasteiger partial charge is 0.338 e. The highest BCUT2D eigenvalue weighted by molar-refractivity contribution is 6.32. The topological polar surface area (TPSA) is 62.6 Å². The van der Waals surface area contributed by atoms with Gasteiger partial charge in [-0.25, -0.2) is 4.79 Å². The lowest BCUT2D eigenvalue weighted by Gasteiger charge is -2.37. The first kappa shape index (κ1) is 19.1. The van der Waals surface area contributed by atoms with E-state index in [1.54, 1.807) is 6.07 Å². The van der Waals surface area contributed by atoms with Gasteiger partial charge in [-0.05, 0) is 50.2 Å². The molecule has 28 heavy (non-hydrogen) atoms. The predicted molar refractivity (Wildman–Crippen MR) is 105 cm³/mol. The van der Waals surface area contributed by atoms with Gasteiger partial charge in [0, 0.05) is 31.6 Å². The van der Waals surface area contributed by atoms with E-state index in [9.17, 15) is 4.79 Å². The van der Waals surface area contributed by atoms with Gasteiger partial charge in [-0.2, -0.15) is 5.10 Å². The van der Waals surface area contributed by atoms with Gasteiger partial charge in [0.2, 0.25) is 0 Å². The first-order chi connectivity index (χ1) is 13.3. The van der Waals surface area contributed by atoms with Gasteiger partial charge in [-0.3, -0.25) is 4.68 Å². The predicted octanol–water partition coefficient (Wildman–Crippen LogP) is 4.63. The Morgan fingerprint density at radius 3 is 2.57 bits per heavy atom. The summed E-state index contributed by atoms with van der Waals surface area (Å²) in [5, 5.41) is 4.66. The Balaban J connectivity index is 1.53. The maximum Gasteiger partial charge on any atom is 0.338 e. The maximum atomic E-state index is 12.0. The van der Waals surface area contributed by atoms with Crippen molar-refractivity contribution < 1.29 is 19.0 Å². The highest BCUT2D eigenvalue weighted by Crippen LogP contribution is 2.52. The molecule has 1 aliphatic carbocycles. The molecule has 0 radical (unpaired) electrons. The molecule has 0 spiro atoms. The van der Waals surface area contributed by atoms with Crippen molar-refractivity contribution in [3.63, 3.8) is 0 Å². The SMILES string of the molecule is COC(=O)c1cc(Cl)c2c(c1C)OC(C)(C1CCC(c3cnn(C)c3)CC1)O2. The molecule has 1 aromatic carbocycles. The molecule has 1 fully saturated rings. The number of halogens is 1. The highest BCUT2D eigenvalue weighted by atomic mass is 35.5. The molecule has 1 saturated carbocycles. The van der Waals surface area contributed by atoms with Crippen LogP contribution in [0.2, 0.25) is 5.02 Å². The summed E-state index contributed by atoms with van der Waals surface area (Å²) < 4.78 is 19.2. The van der Waals surface area contributed by atoms with Crippen LogP contribution < -0.4 is 9.47 Å². The number of aromatic nitrogens is 2. The maximum absolute atomic E-state index is 12.0. The second-order valence-electron chi connectivity index (χ2n) is 7.90. The third kappa shape index (κ3) is 3.13. The summed E-state index contributed by atoms with van der Waals surface area (Å²) in [6.45, 7) is 3.80. The molecule has 150 valence electrons. The molecule has 0 amide bonds. The number of nitrogens with zero attached hydrogens (tertiary/aromatic N) is 2. The fourth-order valence-electron chi connectivity index (χ4n) is 4.44. The van der Waals surface area contributed by atoms with Gasteiger partial charge in [0.05, 0.1) is 23.9 Å². The van der Waals surface area contributed by atoms with Gasteiger partial charge in [0.1, 0.15) is 0 Å². The summed E-state index contributed by atoms with van der Waals surface area (Å²) in [7, 11) is 3.30. The minimum atomic E-state index is -0.786. The largest absolute Gasteiger partial charge is 0.465 e. The zero-order chi connectivity index (χ0) is 20.1. The van der Waals surface area contributed by atoms with Crippen molar-refractivity contribution in [2.24, 2.45) is 13.0 Å². The Kier molecular flexibility index (Phi) is 4.78. The molecule has 0 saturated heterocycles. The van der Waals surface area contributed by atoms with Crippen molar-refractivity contribution in [1.82, 2.24) is 9.78 Å². The molecule has 2 aliphatic rings. The monoisotopic (exact) mass is 404 g/mol. The summed E-state index contributed by atoms with van der Waals surface area (Å²) in [5.41, 5.74) is 2.39. The van der Waals surface area contributed by atoms with Crippen molar-refractivity contribution in [3.8, 4) is 11.5 Å². The number of hydrogen-bond donors (Lipinski definition) is 0. The zero-order valence-corrected chi connectivity index (χ0v) is 17.4. The summed E-state index contributed by atoms with van der Waals surface area (Å²) in [5.74, 6) is 0.606. The van der Waals surface area contributed by atoms with Crippen molar-refractivity contribution in [3.05, 3.63) is 40.2 Å². The second kappa shape index (κ2) is 6.99. The third-order valence-electron chi connectivity index (χ3n) is 6.12. The second-order valence-corrected chi connectivity index (χ2v) is 8.30. The Hall–Kier alpha value is -2.21. The molecule has 2 heterocycles. The summed E-state index contributed by atoms with van der Waals surface area (Å²) >= 11 is 6.40. The van der Waals surface area contributed by atoms with E-state index in [2.05, 4.69) is 11.3 Å². The fourth-order valence-corrected chi connectivity index (χ4v) is 4.67. The van der Waals surface area contributed by atoms with Crippen LogP contribution in [-0.4, -0.2) is 28.6 Å². The van der Waals surface area contributed by atoms with Gasteiger partial charge in [-0.1, -0.05) is 11.6 Å². The number of methoxy groups -OCH3 is 1. The van der Waals surface area contributed by atoms with Crippen molar-refractivity contribution in [1.29, 1.82) is 0 Å². The number of aryl methyl sites for hydroxylation is 1.